The molecule has 0 saturated heterocycles. The molecule has 2 heterocycles. The fraction of sp³-hybridized carbons (Fsp3) is 0.150. The maximum Gasteiger partial charge on any atom is 0.146 e. The van der Waals surface area contributed by atoms with Crippen molar-refractivity contribution in [1.82, 2.24) is 4.57 Å². The number of benzene rings is 2. The van der Waals surface area contributed by atoms with Crippen LogP contribution in [0.4, 0.5) is 17.1 Å². The molecule has 0 spiro atoms. The van der Waals surface area contributed by atoms with Crippen LogP contribution >= 0.6 is 11.6 Å². The molecular weight excluding hydrogens is 362 g/mol. The number of hydrogen-bond donors (Lipinski definition) is 2. The van der Waals surface area contributed by atoms with E-state index in [0.29, 0.717) is 35.4 Å². The van der Waals surface area contributed by atoms with Gasteiger partial charge in [0.05, 0.1) is 16.4 Å². The molecule has 4 rings (SSSR count). The summed E-state index contributed by atoms with van der Waals surface area (Å²) in [5, 5.41) is 0.521. The number of hydrogen-bond acceptors (Lipinski definition) is 5. The Balaban J connectivity index is 1.61. The van der Waals surface area contributed by atoms with Crippen molar-refractivity contribution in [2.24, 2.45) is 10.7 Å². The minimum atomic E-state index is 0.521. The molecule has 7 heteroatoms. The van der Waals surface area contributed by atoms with Crippen molar-refractivity contribution in [2.45, 2.75) is 6.54 Å². The third kappa shape index (κ3) is 3.49. The highest BCUT2D eigenvalue weighted by Crippen LogP contribution is 2.37. The molecule has 0 unspecified atom stereocenters. The van der Waals surface area contributed by atoms with E-state index in [1.165, 1.54) is 0 Å². The molecule has 138 valence electrons. The zero-order chi connectivity index (χ0) is 18.8. The first kappa shape index (κ1) is 17.5. The third-order valence-electron chi connectivity index (χ3n) is 4.39. The van der Waals surface area contributed by atoms with Crippen molar-refractivity contribution in [1.29, 1.82) is 0 Å². The average molecular weight is 382 g/mol. The van der Waals surface area contributed by atoms with Gasteiger partial charge < -0.3 is 25.7 Å². The van der Waals surface area contributed by atoms with E-state index in [0.717, 1.165) is 23.6 Å². The smallest absolute Gasteiger partial charge is 0.146 e. The Morgan fingerprint density at radius 2 is 2.04 bits per heavy atom. The Hall–Kier alpha value is -2.96. The molecule has 6 nitrogen and oxygen atoms in total. The van der Waals surface area contributed by atoms with Gasteiger partial charge in [-0.3, -0.25) is 4.99 Å². The molecular formula is C20H20ClN5O. The molecule has 3 aromatic rings. The van der Waals surface area contributed by atoms with Crippen LogP contribution in [0.25, 0.3) is 0 Å². The highest BCUT2D eigenvalue weighted by Gasteiger charge is 2.20. The van der Waals surface area contributed by atoms with E-state index in [2.05, 4.69) is 20.5 Å². The summed E-state index contributed by atoms with van der Waals surface area (Å²) in [7, 11) is 0. The topological polar surface area (TPSA) is 81.8 Å². The Bertz CT molecular complexity index is 998. The molecule has 0 saturated carbocycles. The van der Waals surface area contributed by atoms with Gasteiger partial charge in [-0.05, 0) is 36.4 Å². The minimum absolute atomic E-state index is 0.521. The summed E-state index contributed by atoms with van der Waals surface area (Å²) in [6.07, 6.45) is 3.92. The van der Waals surface area contributed by atoms with Crippen molar-refractivity contribution < 1.29 is 4.74 Å². The number of fused-ring (bicyclic) bond motifs is 1. The number of rotatable bonds is 5. The van der Waals surface area contributed by atoms with Crippen LogP contribution in [-0.4, -0.2) is 24.0 Å². The van der Waals surface area contributed by atoms with Gasteiger partial charge in [0, 0.05) is 42.9 Å². The van der Waals surface area contributed by atoms with Crippen LogP contribution in [0.3, 0.4) is 0 Å². The molecule has 27 heavy (non-hydrogen) atoms. The number of nitrogen functional groups attached to an aromatic ring is 1. The number of aromatic nitrogens is 1. The van der Waals surface area contributed by atoms with E-state index >= 15 is 0 Å². The maximum absolute atomic E-state index is 6.48. The largest absolute Gasteiger partial charge is 0.456 e. The fourth-order valence-corrected chi connectivity index (χ4v) is 3.34. The molecule has 1 aliphatic heterocycles. The Labute approximate surface area is 162 Å². The van der Waals surface area contributed by atoms with Gasteiger partial charge >= 0.3 is 0 Å². The van der Waals surface area contributed by atoms with E-state index in [4.69, 9.17) is 27.8 Å². The lowest BCUT2D eigenvalue weighted by atomic mass is 10.2. The number of aliphatic imine (C=N–C) groups is 1. The third-order valence-corrected chi connectivity index (χ3v) is 4.69. The number of anilines is 3. The molecule has 4 N–H and O–H groups in total. The molecule has 0 amide bonds. The summed E-state index contributed by atoms with van der Waals surface area (Å²) in [4.78, 5) is 6.58. The monoisotopic (exact) mass is 381 g/mol. The van der Waals surface area contributed by atoms with Crippen LogP contribution in [0.1, 0.15) is 5.69 Å². The van der Waals surface area contributed by atoms with Crippen LogP contribution < -0.4 is 21.1 Å². The quantitative estimate of drug-likeness (QED) is 0.654. The van der Waals surface area contributed by atoms with Gasteiger partial charge in [0.25, 0.3) is 0 Å². The van der Waals surface area contributed by atoms with Gasteiger partial charge in [-0.25, -0.2) is 0 Å². The lowest BCUT2D eigenvalue weighted by Crippen LogP contribution is -2.23. The first-order valence-corrected chi connectivity index (χ1v) is 9.03. The number of halogens is 1. The molecule has 0 radical (unpaired) electrons. The Kier molecular flexibility index (Phi) is 4.75. The van der Waals surface area contributed by atoms with Crippen LogP contribution in [0, 0.1) is 0 Å². The van der Waals surface area contributed by atoms with E-state index in [1.807, 2.05) is 48.8 Å². The van der Waals surface area contributed by atoms with E-state index in [9.17, 15) is 0 Å². The average Bonchev–Trinajstić information content (AvgIpc) is 3.07. The van der Waals surface area contributed by atoms with Crippen LogP contribution in [-0.2, 0) is 6.54 Å². The number of ether oxygens (including phenoxy) is 1. The molecule has 1 aliphatic rings. The lowest BCUT2D eigenvalue weighted by molar-refractivity contribution is 0.483. The lowest BCUT2D eigenvalue weighted by Gasteiger charge is -2.26. The van der Waals surface area contributed by atoms with Crippen LogP contribution in [0.15, 0.2) is 59.7 Å². The second-order valence-corrected chi connectivity index (χ2v) is 6.65. The van der Waals surface area contributed by atoms with Crippen LogP contribution in [0.2, 0.25) is 5.02 Å². The number of nitrogens with zero attached hydrogens (tertiary/aromatic N) is 3. The van der Waals surface area contributed by atoms with Gasteiger partial charge in [-0.2, -0.15) is 0 Å². The Morgan fingerprint density at radius 3 is 2.81 bits per heavy atom. The molecule has 2 aromatic carbocycles. The van der Waals surface area contributed by atoms with Crippen molar-refractivity contribution in [3.8, 4) is 11.5 Å². The van der Waals surface area contributed by atoms with E-state index < -0.39 is 0 Å². The molecule has 0 atom stereocenters. The van der Waals surface area contributed by atoms with E-state index in [-0.39, 0.29) is 0 Å². The zero-order valence-corrected chi connectivity index (χ0v) is 15.4. The molecule has 0 aliphatic carbocycles. The fourth-order valence-electron chi connectivity index (χ4n) is 3.13. The molecule has 0 bridgehead atoms. The van der Waals surface area contributed by atoms with E-state index in [1.54, 1.807) is 6.07 Å². The van der Waals surface area contributed by atoms with Gasteiger partial charge in [0.2, 0.25) is 0 Å². The zero-order valence-electron chi connectivity index (χ0n) is 14.7. The first-order valence-electron chi connectivity index (χ1n) is 8.65. The first-order chi connectivity index (χ1) is 13.2. The van der Waals surface area contributed by atoms with Gasteiger partial charge in [-0.1, -0.05) is 17.7 Å². The highest BCUT2D eigenvalue weighted by atomic mass is 35.5. The van der Waals surface area contributed by atoms with Gasteiger partial charge in [0.1, 0.15) is 18.2 Å². The maximum atomic E-state index is 6.48. The normalized spacial score (nSPS) is 12.9. The summed E-state index contributed by atoms with van der Waals surface area (Å²) in [5.41, 5.74) is 15.2. The second-order valence-electron chi connectivity index (χ2n) is 6.24. The second kappa shape index (κ2) is 7.34. The summed E-state index contributed by atoms with van der Waals surface area (Å²) in [6.45, 7) is 1.87. The summed E-state index contributed by atoms with van der Waals surface area (Å²) in [6, 6.07) is 15.0. The molecule has 1 aromatic heterocycles. The van der Waals surface area contributed by atoms with Crippen molar-refractivity contribution >= 4 is 34.9 Å². The minimum Gasteiger partial charge on any atom is -0.456 e. The predicted molar refractivity (Wildman–Crippen MR) is 110 cm³/mol. The Morgan fingerprint density at radius 1 is 1.15 bits per heavy atom. The predicted octanol–water partition coefficient (Wildman–Crippen LogP) is 4.00. The van der Waals surface area contributed by atoms with Crippen molar-refractivity contribution in [2.75, 3.05) is 23.8 Å². The standard InChI is InChI=1S/C20H20ClN5O/c21-17-11-15(4-5-20(17)27-16-3-1-2-14(23)10-16)26-13-24-12-19-18(26)6-8-25(19)9-7-22/h1-6,8,10-12H,7,9,13,22-23H2. The SMILES string of the molecule is NCCn1ccc2c1C=NCN2c1ccc(Oc2cccc(N)c2)c(Cl)c1. The molecule has 0 fully saturated rings. The van der Waals surface area contributed by atoms with Gasteiger partial charge in [-0.15, -0.1) is 0 Å². The number of nitrogens with two attached hydrogens (primary N) is 2. The summed E-state index contributed by atoms with van der Waals surface area (Å²) < 4.78 is 7.96. The van der Waals surface area contributed by atoms with Crippen molar-refractivity contribution in [3.63, 3.8) is 0 Å². The van der Waals surface area contributed by atoms with Gasteiger partial charge in [0.15, 0.2) is 0 Å². The van der Waals surface area contributed by atoms with Crippen LogP contribution in [0.5, 0.6) is 11.5 Å². The van der Waals surface area contributed by atoms with Crippen molar-refractivity contribution in [3.05, 3.63) is 65.4 Å². The highest BCUT2D eigenvalue weighted by molar-refractivity contribution is 6.32. The summed E-state index contributed by atoms with van der Waals surface area (Å²) >= 11 is 6.48. The summed E-state index contributed by atoms with van der Waals surface area (Å²) in [5.74, 6) is 1.22.